The Morgan fingerprint density at radius 3 is 2.38 bits per heavy atom. The van der Waals surface area contributed by atoms with Gasteiger partial charge in [-0.25, -0.2) is 14.8 Å². The molecule has 0 aliphatic heterocycles. The summed E-state index contributed by atoms with van der Waals surface area (Å²) in [6, 6.07) is 10.8. The average Bonchev–Trinajstić information content (AvgIpc) is 2.84. The first-order valence-electron chi connectivity index (χ1n) is 9.79. The van der Waals surface area contributed by atoms with Crippen molar-refractivity contribution in [3.63, 3.8) is 0 Å². The maximum Gasteiger partial charge on any atom is 0.343 e. The van der Waals surface area contributed by atoms with E-state index in [0.29, 0.717) is 41.8 Å². The first-order chi connectivity index (χ1) is 15.6. The van der Waals surface area contributed by atoms with Gasteiger partial charge in [-0.15, -0.1) is 0 Å². The van der Waals surface area contributed by atoms with Crippen molar-refractivity contribution in [3.8, 4) is 28.9 Å². The molecule has 0 radical (unpaired) electrons. The highest BCUT2D eigenvalue weighted by Crippen LogP contribution is 2.38. The van der Waals surface area contributed by atoms with Crippen LogP contribution in [0.5, 0.6) is 28.9 Å². The zero-order valence-electron chi connectivity index (χ0n) is 18.4. The van der Waals surface area contributed by atoms with Gasteiger partial charge in [0.2, 0.25) is 5.88 Å². The molecule has 0 amide bonds. The molecule has 1 N–H and O–H groups in total. The van der Waals surface area contributed by atoms with E-state index in [1.54, 1.807) is 38.6 Å². The van der Waals surface area contributed by atoms with Crippen molar-refractivity contribution in [2.75, 3.05) is 40.3 Å². The first kappa shape index (κ1) is 22.7. The fourth-order valence-electron chi connectivity index (χ4n) is 3.13. The number of anilines is 1. The number of hydrogen-bond donors (Lipinski definition) is 1. The Balaban J connectivity index is 1.82. The number of ether oxygens (including phenoxy) is 5. The smallest absolute Gasteiger partial charge is 0.343 e. The van der Waals surface area contributed by atoms with E-state index >= 15 is 0 Å². The van der Waals surface area contributed by atoms with E-state index < -0.39 is 5.97 Å². The maximum absolute atomic E-state index is 12.6. The molecule has 1 aromatic heterocycles. The number of rotatable bonds is 10. The van der Waals surface area contributed by atoms with Crippen LogP contribution in [0.25, 0.3) is 0 Å². The minimum Gasteiger partial charge on any atom is -0.493 e. The fraction of sp³-hybridized carbons (Fsp3) is 0.261. The normalized spacial score (nSPS) is 10.2. The number of hydrogen-bond acceptors (Lipinski definition) is 9. The van der Waals surface area contributed by atoms with Gasteiger partial charge in [0, 0.05) is 18.8 Å². The van der Waals surface area contributed by atoms with Crippen LogP contribution in [0.15, 0.2) is 48.9 Å². The number of carbonyl (C=O) groups is 1. The third-order valence-electron chi connectivity index (χ3n) is 4.66. The highest BCUT2D eigenvalue weighted by Gasteiger charge is 2.23. The van der Waals surface area contributed by atoms with E-state index in [1.807, 2.05) is 18.2 Å². The van der Waals surface area contributed by atoms with Crippen LogP contribution in [0.1, 0.15) is 15.9 Å². The van der Waals surface area contributed by atoms with E-state index in [2.05, 4.69) is 15.3 Å². The van der Waals surface area contributed by atoms with Gasteiger partial charge in [-0.1, -0.05) is 6.07 Å². The third-order valence-corrected chi connectivity index (χ3v) is 4.66. The van der Waals surface area contributed by atoms with Gasteiger partial charge in [-0.3, -0.25) is 0 Å². The van der Waals surface area contributed by atoms with Crippen molar-refractivity contribution in [2.45, 2.75) is 6.42 Å². The Morgan fingerprint density at radius 2 is 1.72 bits per heavy atom. The van der Waals surface area contributed by atoms with Crippen LogP contribution < -0.4 is 24.3 Å². The molecule has 0 aliphatic carbocycles. The van der Waals surface area contributed by atoms with Crippen LogP contribution in [0.4, 0.5) is 5.69 Å². The van der Waals surface area contributed by atoms with Gasteiger partial charge in [0.1, 0.15) is 11.9 Å². The number of esters is 1. The third kappa shape index (κ3) is 5.18. The van der Waals surface area contributed by atoms with E-state index in [-0.39, 0.29) is 11.3 Å². The molecule has 9 nitrogen and oxygen atoms in total. The zero-order valence-corrected chi connectivity index (χ0v) is 18.4. The lowest BCUT2D eigenvalue weighted by molar-refractivity contribution is 0.0597. The van der Waals surface area contributed by atoms with E-state index in [9.17, 15) is 4.79 Å². The number of nitrogens with one attached hydrogen (secondary N) is 1. The molecule has 0 atom stereocenters. The molecule has 0 saturated heterocycles. The zero-order chi connectivity index (χ0) is 22.9. The van der Waals surface area contributed by atoms with E-state index in [1.165, 1.54) is 20.5 Å². The van der Waals surface area contributed by atoms with Crippen LogP contribution >= 0.6 is 0 Å². The van der Waals surface area contributed by atoms with E-state index in [0.717, 1.165) is 5.56 Å². The molecule has 0 aliphatic rings. The van der Waals surface area contributed by atoms with Gasteiger partial charge >= 0.3 is 5.97 Å². The quantitative estimate of drug-likeness (QED) is 0.473. The topological polar surface area (TPSA) is 101 Å². The summed E-state index contributed by atoms with van der Waals surface area (Å²) in [6.45, 7) is 0.550. The summed E-state index contributed by atoms with van der Waals surface area (Å²) in [5, 5.41) is 3.27. The minimum atomic E-state index is -0.552. The van der Waals surface area contributed by atoms with Gasteiger partial charge in [0.25, 0.3) is 0 Å². The fourth-order valence-corrected chi connectivity index (χ4v) is 3.13. The molecule has 168 valence electrons. The lowest BCUT2D eigenvalue weighted by Crippen LogP contribution is -2.13. The molecule has 9 heteroatoms. The molecule has 32 heavy (non-hydrogen) atoms. The van der Waals surface area contributed by atoms with Crippen molar-refractivity contribution in [3.05, 3.63) is 60.0 Å². The van der Waals surface area contributed by atoms with Crippen LogP contribution in [-0.4, -0.2) is 50.9 Å². The van der Waals surface area contributed by atoms with Crippen LogP contribution in [0.2, 0.25) is 0 Å². The monoisotopic (exact) mass is 439 g/mol. The summed E-state index contributed by atoms with van der Waals surface area (Å²) in [4.78, 5) is 20.4. The highest BCUT2D eigenvalue weighted by molar-refractivity contribution is 5.99. The molecule has 0 fully saturated rings. The Labute approximate surface area is 186 Å². The predicted molar refractivity (Wildman–Crippen MR) is 118 cm³/mol. The summed E-state index contributed by atoms with van der Waals surface area (Å²) >= 11 is 0. The second-order valence-electron chi connectivity index (χ2n) is 6.53. The molecule has 0 bridgehead atoms. The minimum absolute atomic E-state index is 0.230. The molecular formula is C23H25N3O6. The largest absolute Gasteiger partial charge is 0.493 e. The summed E-state index contributed by atoms with van der Waals surface area (Å²) in [5.74, 6) is 1.67. The molecule has 0 spiro atoms. The van der Waals surface area contributed by atoms with Crippen LogP contribution in [0.3, 0.4) is 0 Å². The van der Waals surface area contributed by atoms with Crippen LogP contribution in [0, 0.1) is 0 Å². The number of nitrogens with zero attached hydrogens (tertiary/aromatic N) is 2. The summed E-state index contributed by atoms with van der Waals surface area (Å²) in [7, 11) is 5.97. The molecule has 0 unspecified atom stereocenters. The predicted octanol–water partition coefficient (Wildman–Crippen LogP) is 3.74. The Hall–Kier alpha value is -4.01. The lowest BCUT2D eigenvalue weighted by atomic mass is 10.1. The van der Waals surface area contributed by atoms with Gasteiger partial charge in [-0.2, -0.15) is 0 Å². The number of aromatic nitrogens is 2. The summed E-state index contributed by atoms with van der Waals surface area (Å²) in [5.41, 5.74) is 1.84. The van der Waals surface area contributed by atoms with Gasteiger partial charge in [-0.05, 0) is 36.2 Å². The Kier molecular flexibility index (Phi) is 7.69. The molecule has 0 saturated carbocycles. The maximum atomic E-state index is 12.6. The number of methoxy groups -OCH3 is 4. The molecule has 3 aromatic rings. The van der Waals surface area contributed by atoms with Crippen molar-refractivity contribution < 1.29 is 28.5 Å². The Bertz CT molecular complexity index is 1060. The van der Waals surface area contributed by atoms with E-state index in [4.69, 9.17) is 23.7 Å². The van der Waals surface area contributed by atoms with Crippen molar-refractivity contribution >= 4 is 11.7 Å². The molecule has 3 rings (SSSR count). The van der Waals surface area contributed by atoms with Gasteiger partial charge in [0.15, 0.2) is 23.0 Å². The standard InChI is InChI=1S/C23H25N3O6/c1-28-17-7-5-15(13-19(17)29-2)9-12-25-16-6-8-18(32-20-10-11-24-14-26-20)22(30-3)21(16)23(27)31-4/h5-8,10-11,13-14,25H,9,12H2,1-4H3. The average molecular weight is 439 g/mol. The summed E-state index contributed by atoms with van der Waals surface area (Å²) < 4.78 is 26.9. The van der Waals surface area contributed by atoms with Crippen LogP contribution in [-0.2, 0) is 11.2 Å². The Morgan fingerprint density at radius 1 is 0.938 bits per heavy atom. The second-order valence-corrected chi connectivity index (χ2v) is 6.53. The number of benzene rings is 2. The first-order valence-corrected chi connectivity index (χ1v) is 9.79. The van der Waals surface area contributed by atoms with Crippen molar-refractivity contribution in [1.29, 1.82) is 0 Å². The summed E-state index contributed by atoms with van der Waals surface area (Å²) in [6.07, 6.45) is 3.61. The van der Waals surface area contributed by atoms with Gasteiger partial charge < -0.3 is 29.0 Å². The molecule has 1 heterocycles. The number of carbonyl (C=O) groups excluding carboxylic acids is 1. The molecular weight excluding hydrogens is 414 g/mol. The molecule has 2 aromatic carbocycles. The lowest BCUT2D eigenvalue weighted by Gasteiger charge is -2.17. The van der Waals surface area contributed by atoms with Crippen molar-refractivity contribution in [1.82, 2.24) is 9.97 Å². The van der Waals surface area contributed by atoms with Gasteiger partial charge in [0.05, 0.1) is 34.1 Å². The SMILES string of the molecule is COC(=O)c1c(NCCc2ccc(OC)c(OC)c2)ccc(Oc2ccncn2)c1OC. The van der Waals surface area contributed by atoms with Crippen molar-refractivity contribution in [2.24, 2.45) is 0 Å². The highest BCUT2D eigenvalue weighted by atomic mass is 16.5. The second kappa shape index (κ2) is 10.9.